The molecule has 10 nitrogen and oxygen atoms in total. The number of hydrogen-bond donors (Lipinski definition) is 2. The first-order chi connectivity index (χ1) is 27.2. The SMILES string of the molecule is Cc1ccoc1C(=O)Nc1nn(Cc2ccc(C(F)(F)F)cc2)c2ccc(-c3nc(C(=O)Nc4nn(Cc5ccc(C(F)(F)F)cc5)c5ccccc45)cs3)cc12. The van der Waals surface area contributed by atoms with Gasteiger partial charge in [0, 0.05) is 27.3 Å². The lowest BCUT2D eigenvalue weighted by atomic mass is 10.1. The van der Waals surface area contributed by atoms with E-state index in [1.807, 2.05) is 0 Å². The average Bonchev–Trinajstić information content (AvgIpc) is 3.98. The van der Waals surface area contributed by atoms with Crippen LogP contribution in [0.4, 0.5) is 38.0 Å². The predicted molar refractivity (Wildman–Crippen MR) is 201 cm³/mol. The van der Waals surface area contributed by atoms with Crippen LogP contribution in [0.15, 0.2) is 113 Å². The Morgan fingerprint density at radius 3 is 1.84 bits per heavy atom. The van der Waals surface area contributed by atoms with E-state index in [-0.39, 0.29) is 36.2 Å². The van der Waals surface area contributed by atoms with Crippen molar-refractivity contribution in [2.45, 2.75) is 32.4 Å². The van der Waals surface area contributed by atoms with E-state index in [0.717, 1.165) is 24.3 Å². The van der Waals surface area contributed by atoms with Crippen LogP contribution in [0.3, 0.4) is 0 Å². The van der Waals surface area contributed by atoms with Crippen LogP contribution < -0.4 is 10.6 Å². The van der Waals surface area contributed by atoms with Gasteiger partial charge in [0.15, 0.2) is 17.4 Å². The Hall–Kier alpha value is -6.75. The largest absolute Gasteiger partial charge is 0.459 e. The molecule has 4 aromatic heterocycles. The van der Waals surface area contributed by atoms with Crippen molar-refractivity contribution in [3.05, 3.63) is 148 Å². The summed E-state index contributed by atoms with van der Waals surface area (Å²) in [7, 11) is 0. The lowest BCUT2D eigenvalue weighted by Gasteiger charge is -2.08. The first-order valence-electron chi connectivity index (χ1n) is 17.1. The van der Waals surface area contributed by atoms with E-state index in [0.29, 0.717) is 49.1 Å². The Bertz CT molecular complexity index is 2780. The van der Waals surface area contributed by atoms with E-state index in [4.69, 9.17) is 4.42 Å². The molecule has 288 valence electrons. The van der Waals surface area contributed by atoms with Gasteiger partial charge in [-0.15, -0.1) is 11.3 Å². The van der Waals surface area contributed by atoms with Crippen LogP contribution in [0.5, 0.6) is 0 Å². The number of fused-ring (bicyclic) bond motifs is 2. The molecule has 0 fully saturated rings. The zero-order valence-corrected chi connectivity index (χ0v) is 30.3. The van der Waals surface area contributed by atoms with Gasteiger partial charge in [0.25, 0.3) is 11.8 Å². The van der Waals surface area contributed by atoms with Crippen LogP contribution in [-0.4, -0.2) is 36.4 Å². The number of nitrogens with one attached hydrogen (secondary N) is 2. The Labute approximate surface area is 322 Å². The van der Waals surface area contributed by atoms with Crippen LogP contribution >= 0.6 is 11.3 Å². The van der Waals surface area contributed by atoms with Crippen molar-refractivity contribution in [1.82, 2.24) is 24.5 Å². The summed E-state index contributed by atoms with van der Waals surface area (Å²) in [6.45, 7) is 1.97. The van der Waals surface area contributed by atoms with Gasteiger partial charge in [-0.05, 0) is 78.7 Å². The molecule has 4 heterocycles. The number of carbonyl (C=O) groups is 2. The lowest BCUT2D eigenvalue weighted by Crippen LogP contribution is -2.13. The molecule has 8 aromatic rings. The predicted octanol–water partition coefficient (Wildman–Crippen LogP) is 10.0. The molecule has 2 amide bonds. The lowest BCUT2D eigenvalue weighted by molar-refractivity contribution is -0.138. The van der Waals surface area contributed by atoms with Gasteiger partial charge in [-0.2, -0.15) is 36.5 Å². The van der Waals surface area contributed by atoms with Crippen LogP contribution in [0.2, 0.25) is 0 Å². The summed E-state index contributed by atoms with van der Waals surface area (Å²) in [6, 6.07) is 23.5. The van der Waals surface area contributed by atoms with E-state index in [2.05, 4.69) is 25.8 Å². The highest BCUT2D eigenvalue weighted by molar-refractivity contribution is 7.13. The number of anilines is 2. The fourth-order valence-electron chi connectivity index (χ4n) is 6.26. The minimum Gasteiger partial charge on any atom is -0.459 e. The van der Waals surface area contributed by atoms with Crippen molar-refractivity contribution in [1.29, 1.82) is 0 Å². The molecule has 0 saturated heterocycles. The zero-order valence-electron chi connectivity index (χ0n) is 29.4. The maximum absolute atomic E-state index is 13.5. The number of thiazole rings is 1. The molecule has 4 aromatic carbocycles. The van der Waals surface area contributed by atoms with Crippen molar-refractivity contribution < 1.29 is 40.3 Å². The quantitative estimate of drug-likeness (QED) is 0.140. The number of benzene rings is 4. The second-order valence-electron chi connectivity index (χ2n) is 13.0. The van der Waals surface area contributed by atoms with Crippen LogP contribution in [0, 0.1) is 6.92 Å². The molecule has 0 unspecified atom stereocenters. The molecular weight excluding hydrogens is 773 g/mol. The first-order valence-corrected chi connectivity index (χ1v) is 18.0. The van der Waals surface area contributed by atoms with Gasteiger partial charge in [-0.25, -0.2) is 4.98 Å². The van der Waals surface area contributed by atoms with Crippen molar-refractivity contribution >= 4 is 56.6 Å². The van der Waals surface area contributed by atoms with Crippen LogP contribution in [-0.2, 0) is 25.4 Å². The number of nitrogens with zero attached hydrogens (tertiary/aromatic N) is 5. The fraction of sp³-hybridized carbons (Fsp3) is 0.125. The third-order valence-corrected chi connectivity index (χ3v) is 10.0. The van der Waals surface area contributed by atoms with Crippen LogP contribution in [0.25, 0.3) is 32.4 Å². The van der Waals surface area contributed by atoms with Gasteiger partial charge in [-0.1, -0.05) is 36.4 Å². The average molecular weight is 800 g/mol. The van der Waals surface area contributed by atoms with Crippen molar-refractivity contribution in [2.75, 3.05) is 10.6 Å². The molecule has 8 rings (SSSR count). The summed E-state index contributed by atoms with van der Waals surface area (Å²) in [4.78, 5) is 31.3. The van der Waals surface area contributed by atoms with E-state index in [1.165, 1.54) is 41.9 Å². The third-order valence-electron chi connectivity index (χ3n) is 9.15. The number of halogens is 6. The number of aromatic nitrogens is 5. The minimum absolute atomic E-state index is 0.0874. The Kier molecular flexibility index (Phi) is 9.39. The molecule has 0 radical (unpaired) electrons. The number of alkyl halides is 6. The summed E-state index contributed by atoms with van der Waals surface area (Å²) in [6.07, 6.45) is -7.55. The van der Waals surface area contributed by atoms with Gasteiger partial charge in [0.2, 0.25) is 0 Å². The number of amides is 2. The highest BCUT2D eigenvalue weighted by atomic mass is 32.1. The summed E-state index contributed by atoms with van der Waals surface area (Å²) in [5.74, 6) is -0.593. The first kappa shape index (κ1) is 37.2. The summed E-state index contributed by atoms with van der Waals surface area (Å²) in [5, 5.41) is 17.9. The molecule has 2 N–H and O–H groups in total. The molecule has 0 aliphatic rings. The molecular formula is C40H27F6N7O3S. The number of para-hydroxylation sites is 1. The van der Waals surface area contributed by atoms with Gasteiger partial charge in [0.1, 0.15) is 10.7 Å². The standard InChI is InChI=1S/C40H27F6N7O3S/c1-22-16-17-56-33(22)37(55)49-35-29-18-25(10-15-32(29)53(51-35)20-24-8-13-27(14-9-24)40(44,45)46)38-47-30(21-57-38)36(54)48-34-28-4-2-3-5-31(28)52(50-34)19-23-6-11-26(12-7-23)39(41,42)43/h2-18,21H,19-20H2,1H3,(H,48,50,54)(H,49,51,55). The highest BCUT2D eigenvalue weighted by Crippen LogP contribution is 2.34. The van der Waals surface area contributed by atoms with E-state index in [9.17, 15) is 35.9 Å². The normalized spacial score (nSPS) is 12.1. The van der Waals surface area contributed by atoms with Gasteiger partial charge in [-0.3, -0.25) is 19.0 Å². The van der Waals surface area contributed by atoms with E-state index < -0.39 is 35.3 Å². The maximum Gasteiger partial charge on any atom is 0.416 e. The molecule has 17 heteroatoms. The van der Waals surface area contributed by atoms with Crippen molar-refractivity contribution in [3.8, 4) is 10.6 Å². The molecule has 0 bridgehead atoms. The number of carbonyl (C=O) groups excluding carboxylic acids is 2. The van der Waals surface area contributed by atoms with Crippen LogP contribution in [0.1, 0.15) is 48.9 Å². The number of hydrogen-bond acceptors (Lipinski definition) is 7. The molecule has 0 aliphatic heterocycles. The zero-order chi connectivity index (χ0) is 40.1. The second-order valence-corrected chi connectivity index (χ2v) is 13.9. The number of aryl methyl sites for hydroxylation is 1. The Morgan fingerprint density at radius 2 is 1.26 bits per heavy atom. The fourth-order valence-corrected chi connectivity index (χ4v) is 7.06. The molecule has 57 heavy (non-hydrogen) atoms. The summed E-state index contributed by atoms with van der Waals surface area (Å²) < 4.78 is 87.3. The Balaban J connectivity index is 1.06. The van der Waals surface area contributed by atoms with Gasteiger partial charge < -0.3 is 15.1 Å². The van der Waals surface area contributed by atoms with E-state index >= 15 is 0 Å². The molecule has 0 saturated carbocycles. The molecule has 0 aliphatic carbocycles. The monoisotopic (exact) mass is 799 g/mol. The Morgan fingerprint density at radius 1 is 0.702 bits per heavy atom. The van der Waals surface area contributed by atoms with E-state index in [1.54, 1.807) is 70.2 Å². The summed E-state index contributed by atoms with van der Waals surface area (Å²) >= 11 is 1.20. The van der Waals surface area contributed by atoms with Gasteiger partial charge in [0.05, 0.1) is 41.5 Å². The number of furan rings is 1. The minimum atomic E-state index is -4.48. The second kappa shape index (κ2) is 14.4. The topological polar surface area (TPSA) is 120 Å². The maximum atomic E-state index is 13.5. The third kappa shape index (κ3) is 7.60. The number of rotatable bonds is 9. The summed E-state index contributed by atoms with van der Waals surface area (Å²) in [5.41, 5.74) is 2.11. The van der Waals surface area contributed by atoms with Gasteiger partial charge >= 0.3 is 12.4 Å². The van der Waals surface area contributed by atoms with Crippen molar-refractivity contribution in [2.24, 2.45) is 0 Å². The smallest absolute Gasteiger partial charge is 0.416 e. The highest BCUT2D eigenvalue weighted by Gasteiger charge is 2.31. The molecule has 0 spiro atoms. The molecule has 0 atom stereocenters. The van der Waals surface area contributed by atoms with Crippen molar-refractivity contribution in [3.63, 3.8) is 0 Å².